The van der Waals surface area contributed by atoms with Gasteiger partial charge in [0, 0.05) is 33.6 Å². The predicted molar refractivity (Wildman–Crippen MR) is 83.6 cm³/mol. The number of benzene rings is 1. The molecule has 1 aromatic carbocycles. The van der Waals surface area contributed by atoms with E-state index in [2.05, 4.69) is 25.2 Å². The summed E-state index contributed by atoms with van der Waals surface area (Å²) in [6, 6.07) is 7.50. The molecule has 0 spiro atoms. The van der Waals surface area contributed by atoms with Gasteiger partial charge in [0.2, 0.25) is 0 Å². The zero-order chi connectivity index (χ0) is 14.7. The van der Waals surface area contributed by atoms with Crippen LogP contribution < -0.4 is 5.32 Å². The van der Waals surface area contributed by atoms with Crippen molar-refractivity contribution in [2.45, 2.75) is 33.7 Å². The summed E-state index contributed by atoms with van der Waals surface area (Å²) in [4.78, 5) is 13.3. The molecule has 2 aromatic rings. The second-order valence-corrected chi connectivity index (χ2v) is 6.21. The van der Waals surface area contributed by atoms with Crippen molar-refractivity contribution in [2.75, 3.05) is 5.32 Å². The molecule has 1 N–H and O–H groups in total. The number of thiophene rings is 1. The van der Waals surface area contributed by atoms with Crippen LogP contribution in [0.15, 0.2) is 24.3 Å². The summed E-state index contributed by atoms with van der Waals surface area (Å²) in [7, 11) is 0. The first-order valence-electron chi connectivity index (χ1n) is 6.58. The van der Waals surface area contributed by atoms with Gasteiger partial charge in [0.05, 0.1) is 4.92 Å². The average molecular weight is 290 g/mol. The van der Waals surface area contributed by atoms with Crippen molar-refractivity contribution in [1.82, 2.24) is 0 Å². The van der Waals surface area contributed by atoms with E-state index in [1.54, 1.807) is 17.4 Å². The molecule has 0 atom stereocenters. The van der Waals surface area contributed by atoms with Crippen LogP contribution in [-0.4, -0.2) is 4.92 Å². The molecule has 2 rings (SSSR count). The van der Waals surface area contributed by atoms with Crippen LogP contribution in [-0.2, 0) is 13.0 Å². The lowest BCUT2D eigenvalue weighted by molar-refractivity contribution is -0.385. The number of hydrogen-bond acceptors (Lipinski definition) is 4. The highest BCUT2D eigenvalue weighted by Crippen LogP contribution is 2.25. The van der Waals surface area contributed by atoms with E-state index in [0.717, 1.165) is 11.3 Å². The van der Waals surface area contributed by atoms with Gasteiger partial charge in [-0.2, -0.15) is 0 Å². The Morgan fingerprint density at radius 1 is 1.25 bits per heavy atom. The Hall–Kier alpha value is -1.88. The lowest BCUT2D eigenvalue weighted by Gasteiger charge is -2.07. The molecule has 0 saturated heterocycles. The van der Waals surface area contributed by atoms with Crippen LogP contribution in [0.25, 0.3) is 0 Å². The van der Waals surface area contributed by atoms with Crippen LogP contribution in [0.5, 0.6) is 0 Å². The normalized spacial score (nSPS) is 10.6. The van der Waals surface area contributed by atoms with E-state index < -0.39 is 0 Å². The number of rotatable bonds is 5. The molecule has 0 saturated carbocycles. The molecule has 0 amide bonds. The largest absolute Gasteiger partial charge is 0.381 e. The number of anilines is 1. The molecule has 1 heterocycles. The maximum absolute atomic E-state index is 11.0. The van der Waals surface area contributed by atoms with Crippen LogP contribution >= 0.6 is 11.3 Å². The molecule has 0 aliphatic heterocycles. The number of nitro benzene ring substituents is 1. The molecule has 0 bridgehead atoms. The molecule has 0 radical (unpaired) electrons. The third kappa shape index (κ3) is 3.17. The quantitative estimate of drug-likeness (QED) is 0.654. The summed E-state index contributed by atoms with van der Waals surface area (Å²) in [6.07, 6.45) is 0.666. The van der Waals surface area contributed by atoms with Crippen LogP contribution in [0.1, 0.15) is 27.8 Å². The average Bonchev–Trinajstić information content (AvgIpc) is 2.74. The number of hydrogen-bond donors (Lipinski definition) is 1. The van der Waals surface area contributed by atoms with E-state index in [1.807, 2.05) is 19.1 Å². The Morgan fingerprint density at radius 2 is 2.00 bits per heavy atom. The van der Waals surface area contributed by atoms with Gasteiger partial charge >= 0.3 is 0 Å². The summed E-state index contributed by atoms with van der Waals surface area (Å²) < 4.78 is 0. The highest BCUT2D eigenvalue weighted by atomic mass is 32.1. The van der Waals surface area contributed by atoms with E-state index in [-0.39, 0.29) is 10.6 Å². The molecule has 0 fully saturated rings. The van der Waals surface area contributed by atoms with Gasteiger partial charge in [0.25, 0.3) is 5.69 Å². The Bertz CT molecular complexity index is 635. The van der Waals surface area contributed by atoms with Gasteiger partial charge in [-0.05, 0) is 38.0 Å². The summed E-state index contributed by atoms with van der Waals surface area (Å²) in [5.74, 6) is 0. The first-order chi connectivity index (χ1) is 9.51. The maximum Gasteiger partial charge on any atom is 0.274 e. The minimum atomic E-state index is -0.315. The van der Waals surface area contributed by atoms with Gasteiger partial charge in [-0.15, -0.1) is 11.3 Å². The Morgan fingerprint density at radius 3 is 2.55 bits per heavy atom. The molecule has 4 nitrogen and oxygen atoms in total. The molecule has 1 aromatic heterocycles. The molecular formula is C15H18N2O2S. The van der Waals surface area contributed by atoms with Crippen molar-refractivity contribution < 1.29 is 4.92 Å². The summed E-state index contributed by atoms with van der Waals surface area (Å²) >= 11 is 1.77. The third-order valence-electron chi connectivity index (χ3n) is 3.29. The SMILES string of the molecule is CCc1ccc(NCc2cc(C)sc2C)cc1[N+](=O)[O-]. The predicted octanol–water partition coefficient (Wildman–Crippen LogP) is 4.45. The zero-order valence-electron chi connectivity index (χ0n) is 11.9. The second-order valence-electron chi connectivity index (χ2n) is 4.75. The molecule has 0 aliphatic carbocycles. The summed E-state index contributed by atoms with van der Waals surface area (Å²) in [5, 5.41) is 14.3. The highest BCUT2D eigenvalue weighted by Gasteiger charge is 2.13. The van der Waals surface area contributed by atoms with Crippen LogP contribution in [0.4, 0.5) is 11.4 Å². The third-order valence-corrected chi connectivity index (χ3v) is 4.30. The van der Waals surface area contributed by atoms with Crippen molar-refractivity contribution >= 4 is 22.7 Å². The van der Waals surface area contributed by atoms with Gasteiger partial charge in [0.1, 0.15) is 0 Å². The topological polar surface area (TPSA) is 55.2 Å². The Kier molecular flexibility index (Phi) is 4.39. The first-order valence-corrected chi connectivity index (χ1v) is 7.40. The fraction of sp³-hybridized carbons (Fsp3) is 0.333. The van der Waals surface area contributed by atoms with Gasteiger partial charge in [-0.3, -0.25) is 10.1 Å². The number of nitrogens with zero attached hydrogens (tertiary/aromatic N) is 1. The van der Waals surface area contributed by atoms with Crippen molar-refractivity contribution in [3.8, 4) is 0 Å². The zero-order valence-corrected chi connectivity index (χ0v) is 12.7. The standard InChI is InChI=1S/C15H18N2O2S/c1-4-12-5-6-14(8-15(12)17(18)19)16-9-13-7-10(2)20-11(13)3/h5-8,16H,4,9H2,1-3H3. The van der Waals surface area contributed by atoms with Gasteiger partial charge in [0.15, 0.2) is 0 Å². The second kappa shape index (κ2) is 6.05. The lowest BCUT2D eigenvalue weighted by Crippen LogP contribution is -2.01. The highest BCUT2D eigenvalue weighted by molar-refractivity contribution is 7.12. The van der Waals surface area contributed by atoms with E-state index in [0.29, 0.717) is 13.0 Å². The van der Waals surface area contributed by atoms with Crippen molar-refractivity contribution in [3.05, 3.63) is 55.3 Å². The summed E-state index contributed by atoms with van der Waals surface area (Å²) in [5.41, 5.74) is 2.99. The fourth-order valence-electron chi connectivity index (χ4n) is 2.20. The lowest BCUT2D eigenvalue weighted by atomic mass is 10.1. The van der Waals surface area contributed by atoms with Crippen molar-refractivity contribution in [1.29, 1.82) is 0 Å². The molecule has 0 unspecified atom stereocenters. The van der Waals surface area contributed by atoms with E-state index in [4.69, 9.17) is 0 Å². The van der Waals surface area contributed by atoms with E-state index in [1.165, 1.54) is 15.3 Å². The van der Waals surface area contributed by atoms with Crippen molar-refractivity contribution in [3.63, 3.8) is 0 Å². The number of nitrogens with one attached hydrogen (secondary N) is 1. The number of aryl methyl sites for hydroxylation is 3. The van der Waals surface area contributed by atoms with Crippen LogP contribution in [0.3, 0.4) is 0 Å². The van der Waals surface area contributed by atoms with E-state index in [9.17, 15) is 10.1 Å². The molecule has 20 heavy (non-hydrogen) atoms. The van der Waals surface area contributed by atoms with Gasteiger partial charge in [-0.25, -0.2) is 0 Å². The fourth-order valence-corrected chi connectivity index (χ4v) is 3.15. The minimum Gasteiger partial charge on any atom is -0.381 e. The Balaban J connectivity index is 2.16. The molecule has 0 aliphatic rings. The van der Waals surface area contributed by atoms with Gasteiger partial charge < -0.3 is 5.32 Å². The first kappa shape index (κ1) is 14.5. The monoisotopic (exact) mass is 290 g/mol. The minimum absolute atomic E-state index is 0.190. The van der Waals surface area contributed by atoms with Crippen molar-refractivity contribution in [2.24, 2.45) is 0 Å². The van der Waals surface area contributed by atoms with Crippen LogP contribution in [0, 0.1) is 24.0 Å². The Labute approximate surface area is 122 Å². The maximum atomic E-state index is 11.0. The van der Waals surface area contributed by atoms with E-state index >= 15 is 0 Å². The summed E-state index contributed by atoms with van der Waals surface area (Å²) in [6.45, 7) is 6.80. The van der Waals surface area contributed by atoms with Gasteiger partial charge in [-0.1, -0.05) is 13.0 Å². The number of nitro groups is 1. The molecular weight excluding hydrogens is 272 g/mol. The smallest absolute Gasteiger partial charge is 0.274 e. The molecule has 5 heteroatoms. The van der Waals surface area contributed by atoms with Crippen LogP contribution in [0.2, 0.25) is 0 Å². The molecule has 106 valence electrons.